The van der Waals surface area contributed by atoms with Gasteiger partial charge >= 0.3 is 0 Å². The first-order valence-electron chi connectivity index (χ1n) is 7.64. The van der Waals surface area contributed by atoms with E-state index in [1.807, 2.05) is 0 Å². The minimum absolute atomic E-state index is 0.520. The Bertz CT molecular complexity index is 385. The molecule has 0 radical (unpaired) electrons. The molecule has 0 amide bonds. The van der Waals surface area contributed by atoms with E-state index >= 15 is 0 Å². The highest BCUT2D eigenvalue weighted by Crippen LogP contribution is 2.31. The number of nitrogens with zero attached hydrogens (tertiary/aromatic N) is 2. The second-order valence-electron chi connectivity index (χ2n) is 5.85. The summed E-state index contributed by atoms with van der Waals surface area (Å²) in [6, 6.07) is 6.91. The van der Waals surface area contributed by atoms with Crippen LogP contribution in [0.1, 0.15) is 45.7 Å². The third-order valence-corrected chi connectivity index (χ3v) is 3.59. The Balaban J connectivity index is 2.01. The number of hydrogen-bond donors (Lipinski definition) is 1. The van der Waals surface area contributed by atoms with Gasteiger partial charge in [0.15, 0.2) is 0 Å². The topological polar surface area (TPSA) is 28.2 Å². The third-order valence-electron chi connectivity index (χ3n) is 3.59. The van der Waals surface area contributed by atoms with E-state index in [0.29, 0.717) is 6.04 Å². The molecule has 2 rings (SSSR count). The zero-order chi connectivity index (χ0) is 13.7. The van der Waals surface area contributed by atoms with Gasteiger partial charge in [-0.2, -0.15) is 0 Å². The molecule has 1 aliphatic rings. The van der Waals surface area contributed by atoms with Crippen LogP contribution in [0.15, 0.2) is 18.2 Å². The van der Waals surface area contributed by atoms with Crippen LogP contribution in [0.2, 0.25) is 0 Å². The average Bonchev–Trinajstić information content (AvgIpc) is 3.20. The number of aromatic nitrogens is 1. The van der Waals surface area contributed by atoms with Gasteiger partial charge in [-0.05, 0) is 57.7 Å². The number of hydrogen-bond acceptors (Lipinski definition) is 3. The van der Waals surface area contributed by atoms with Gasteiger partial charge in [-0.1, -0.05) is 13.0 Å². The number of rotatable bonds is 8. The molecule has 1 aromatic rings. The molecular weight excluding hydrogens is 234 g/mol. The Morgan fingerprint density at radius 2 is 2.16 bits per heavy atom. The van der Waals surface area contributed by atoms with E-state index in [2.05, 4.69) is 49.2 Å². The fraction of sp³-hybridized carbons (Fsp3) is 0.688. The molecule has 3 nitrogen and oxygen atoms in total. The molecule has 19 heavy (non-hydrogen) atoms. The summed E-state index contributed by atoms with van der Waals surface area (Å²) in [5.41, 5.74) is 1.15. The molecule has 0 aromatic carbocycles. The lowest BCUT2D eigenvalue weighted by atomic mass is 10.2. The normalized spacial score (nSPS) is 14.9. The van der Waals surface area contributed by atoms with Gasteiger partial charge in [0.25, 0.3) is 0 Å². The Labute approximate surface area is 117 Å². The van der Waals surface area contributed by atoms with Gasteiger partial charge in [0.1, 0.15) is 5.82 Å². The second kappa shape index (κ2) is 6.90. The smallest absolute Gasteiger partial charge is 0.129 e. The molecule has 1 aromatic heterocycles. The van der Waals surface area contributed by atoms with Crippen molar-refractivity contribution in [3.8, 4) is 0 Å². The molecule has 106 valence electrons. The van der Waals surface area contributed by atoms with Crippen LogP contribution in [0, 0.1) is 5.92 Å². The van der Waals surface area contributed by atoms with Crippen molar-refractivity contribution in [2.24, 2.45) is 5.92 Å². The largest absolute Gasteiger partial charge is 0.354 e. The van der Waals surface area contributed by atoms with Crippen LogP contribution in [0.3, 0.4) is 0 Å². The molecule has 1 aliphatic carbocycles. The Morgan fingerprint density at radius 3 is 2.79 bits per heavy atom. The summed E-state index contributed by atoms with van der Waals surface area (Å²) < 4.78 is 0. The number of pyridine rings is 1. The first-order chi connectivity index (χ1) is 9.20. The number of anilines is 1. The minimum Gasteiger partial charge on any atom is -0.354 e. The van der Waals surface area contributed by atoms with Crippen molar-refractivity contribution in [3.63, 3.8) is 0 Å². The van der Waals surface area contributed by atoms with Gasteiger partial charge in [-0.25, -0.2) is 4.98 Å². The summed E-state index contributed by atoms with van der Waals surface area (Å²) in [4.78, 5) is 7.26. The van der Waals surface area contributed by atoms with Gasteiger partial charge in [0.2, 0.25) is 0 Å². The van der Waals surface area contributed by atoms with Crippen LogP contribution < -0.4 is 10.2 Å². The van der Waals surface area contributed by atoms with Gasteiger partial charge < -0.3 is 10.2 Å². The second-order valence-corrected chi connectivity index (χ2v) is 5.85. The minimum atomic E-state index is 0.520. The van der Waals surface area contributed by atoms with Gasteiger partial charge in [0, 0.05) is 19.1 Å². The molecule has 0 unspecified atom stereocenters. The molecule has 1 fully saturated rings. The van der Waals surface area contributed by atoms with Crippen molar-refractivity contribution in [1.82, 2.24) is 10.3 Å². The first kappa shape index (κ1) is 14.3. The van der Waals surface area contributed by atoms with E-state index in [1.165, 1.54) is 19.3 Å². The summed E-state index contributed by atoms with van der Waals surface area (Å²) >= 11 is 0. The summed E-state index contributed by atoms with van der Waals surface area (Å²) in [6.45, 7) is 9.79. The molecule has 0 saturated heterocycles. The van der Waals surface area contributed by atoms with E-state index in [-0.39, 0.29) is 0 Å². The van der Waals surface area contributed by atoms with Crippen LogP contribution in [-0.4, -0.2) is 24.1 Å². The zero-order valence-electron chi connectivity index (χ0n) is 12.5. The van der Waals surface area contributed by atoms with Crippen LogP contribution in [-0.2, 0) is 6.54 Å². The maximum Gasteiger partial charge on any atom is 0.129 e. The molecule has 1 saturated carbocycles. The highest BCUT2D eigenvalue weighted by Gasteiger charge is 2.26. The van der Waals surface area contributed by atoms with E-state index in [0.717, 1.165) is 37.1 Å². The van der Waals surface area contributed by atoms with Crippen molar-refractivity contribution in [1.29, 1.82) is 0 Å². The van der Waals surface area contributed by atoms with Crippen LogP contribution in [0.5, 0.6) is 0 Å². The molecule has 0 bridgehead atoms. The molecule has 1 heterocycles. The molecule has 0 aliphatic heterocycles. The summed E-state index contributed by atoms with van der Waals surface area (Å²) in [7, 11) is 0. The van der Waals surface area contributed by atoms with Crippen LogP contribution in [0.4, 0.5) is 5.82 Å². The molecular formula is C16H27N3. The van der Waals surface area contributed by atoms with E-state index in [9.17, 15) is 0 Å². The molecule has 3 heteroatoms. The lowest BCUT2D eigenvalue weighted by Gasteiger charge is -2.28. The monoisotopic (exact) mass is 261 g/mol. The number of nitrogens with one attached hydrogen (secondary N) is 1. The molecule has 1 N–H and O–H groups in total. The lowest BCUT2D eigenvalue weighted by Crippen LogP contribution is -2.33. The van der Waals surface area contributed by atoms with Crippen molar-refractivity contribution < 1.29 is 0 Å². The predicted octanol–water partition coefficient (Wildman–Crippen LogP) is 3.21. The van der Waals surface area contributed by atoms with Crippen LogP contribution >= 0.6 is 0 Å². The molecule has 0 spiro atoms. The standard InChI is InChI=1S/C16H27N3/c1-4-10-17-11-15-6-5-7-16(18-15)19(13(2)3)12-14-8-9-14/h5-7,13-14,17H,4,8-12H2,1-3H3. The van der Waals surface area contributed by atoms with Gasteiger partial charge in [0.05, 0.1) is 5.69 Å². The SMILES string of the molecule is CCCNCc1cccc(N(CC2CC2)C(C)C)n1. The first-order valence-corrected chi connectivity index (χ1v) is 7.64. The van der Waals surface area contributed by atoms with Gasteiger partial charge in [-0.15, -0.1) is 0 Å². The van der Waals surface area contributed by atoms with Crippen LogP contribution in [0.25, 0.3) is 0 Å². The fourth-order valence-electron chi connectivity index (χ4n) is 2.27. The van der Waals surface area contributed by atoms with E-state index in [4.69, 9.17) is 4.98 Å². The predicted molar refractivity (Wildman–Crippen MR) is 81.4 cm³/mol. The van der Waals surface area contributed by atoms with Crippen molar-refractivity contribution in [2.45, 2.75) is 52.6 Å². The highest BCUT2D eigenvalue weighted by atomic mass is 15.2. The molecule has 0 atom stereocenters. The van der Waals surface area contributed by atoms with Crippen molar-refractivity contribution >= 4 is 5.82 Å². The van der Waals surface area contributed by atoms with Crippen molar-refractivity contribution in [3.05, 3.63) is 23.9 Å². The fourth-order valence-corrected chi connectivity index (χ4v) is 2.27. The Morgan fingerprint density at radius 1 is 1.37 bits per heavy atom. The summed E-state index contributed by atoms with van der Waals surface area (Å²) in [5, 5.41) is 3.42. The van der Waals surface area contributed by atoms with Crippen molar-refractivity contribution in [2.75, 3.05) is 18.0 Å². The summed E-state index contributed by atoms with van der Waals surface area (Å²) in [5.74, 6) is 2.03. The highest BCUT2D eigenvalue weighted by molar-refractivity contribution is 5.40. The summed E-state index contributed by atoms with van der Waals surface area (Å²) in [6.07, 6.45) is 3.95. The Hall–Kier alpha value is -1.09. The lowest BCUT2D eigenvalue weighted by molar-refractivity contribution is 0.628. The van der Waals surface area contributed by atoms with Gasteiger partial charge in [-0.3, -0.25) is 0 Å². The third kappa shape index (κ3) is 4.50. The quantitative estimate of drug-likeness (QED) is 0.728. The zero-order valence-corrected chi connectivity index (χ0v) is 12.5. The maximum absolute atomic E-state index is 4.81. The van der Waals surface area contributed by atoms with E-state index in [1.54, 1.807) is 0 Å². The Kier molecular flexibility index (Phi) is 5.20. The average molecular weight is 261 g/mol. The maximum atomic E-state index is 4.81. The van der Waals surface area contributed by atoms with E-state index < -0.39 is 0 Å².